The van der Waals surface area contributed by atoms with Crippen molar-refractivity contribution in [2.24, 2.45) is 16.6 Å². The van der Waals surface area contributed by atoms with E-state index in [1.54, 1.807) is 6.07 Å². The van der Waals surface area contributed by atoms with Crippen molar-refractivity contribution in [3.63, 3.8) is 0 Å². The smallest absolute Gasteiger partial charge is 0.220 e. The van der Waals surface area contributed by atoms with Crippen LogP contribution >= 0.6 is 23.2 Å². The third-order valence-corrected chi connectivity index (χ3v) is 5.54. The summed E-state index contributed by atoms with van der Waals surface area (Å²) >= 11 is 12.1. The molecule has 0 bridgehead atoms. The van der Waals surface area contributed by atoms with E-state index in [0.717, 1.165) is 69.9 Å². The highest BCUT2D eigenvalue weighted by molar-refractivity contribution is 6.35. The van der Waals surface area contributed by atoms with Gasteiger partial charge in [0.05, 0.1) is 6.54 Å². The molecule has 156 valence electrons. The number of nitrogens with two attached hydrogens (primary N) is 1. The molecule has 1 amide bonds. The highest BCUT2D eigenvalue weighted by Gasteiger charge is 2.22. The number of aliphatic imine (C=N–C) groups is 1. The topological polar surface area (TPSA) is 82.8 Å². The standard InChI is InChI=1S/C20H31Cl2N5O/c1-2-24-20(26-14-16-5-6-17(21)13-18(16)22)25-9-3-4-10-27-11-7-15(8-12-27)19(23)28/h5-6,13,15H,2-4,7-12,14H2,1H3,(H2,23,28)(H2,24,25,26). The van der Waals surface area contributed by atoms with Crippen LogP contribution in [-0.2, 0) is 11.3 Å². The SMILES string of the molecule is CCNC(=NCc1ccc(Cl)cc1Cl)NCCCCN1CCC(C(N)=O)CC1. The number of rotatable bonds is 9. The fraction of sp³-hybridized carbons (Fsp3) is 0.600. The predicted molar refractivity (Wildman–Crippen MR) is 117 cm³/mol. The van der Waals surface area contributed by atoms with Gasteiger partial charge in [-0.1, -0.05) is 29.3 Å². The summed E-state index contributed by atoms with van der Waals surface area (Å²) < 4.78 is 0. The Balaban J connectivity index is 1.68. The lowest BCUT2D eigenvalue weighted by Gasteiger charge is -2.30. The van der Waals surface area contributed by atoms with Gasteiger partial charge >= 0.3 is 0 Å². The molecule has 1 aromatic carbocycles. The molecule has 0 aliphatic carbocycles. The molecule has 0 aromatic heterocycles. The van der Waals surface area contributed by atoms with E-state index in [-0.39, 0.29) is 11.8 Å². The van der Waals surface area contributed by atoms with Crippen molar-refractivity contribution >= 4 is 35.1 Å². The molecule has 6 nitrogen and oxygen atoms in total. The molecular weight excluding hydrogens is 397 g/mol. The van der Waals surface area contributed by atoms with Crippen molar-refractivity contribution in [2.75, 3.05) is 32.7 Å². The first-order valence-corrected chi connectivity index (χ1v) is 10.7. The van der Waals surface area contributed by atoms with Crippen molar-refractivity contribution in [3.05, 3.63) is 33.8 Å². The first-order valence-electron chi connectivity index (χ1n) is 9.97. The van der Waals surface area contributed by atoms with Gasteiger partial charge in [0.2, 0.25) is 5.91 Å². The number of primary amides is 1. The van der Waals surface area contributed by atoms with Crippen LogP contribution in [0, 0.1) is 5.92 Å². The van der Waals surface area contributed by atoms with Crippen LogP contribution in [0.4, 0.5) is 0 Å². The second-order valence-electron chi connectivity index (χ2n) is 7.08. The van der Waals surface area contributed by atoms with Gasteiger partial charge in [0, 0.05) is 29.1 Å². The van der Waals surface area contributed by atoms with Crippen molar-refractivity contribution < 1.29 is 4.79 Å². The molecule has 8 heteroatoms. The van der Waals surface area contributed by atoms with Crippen LogP contribution in [0.25, 0.3) is 0 Å². The zero-order valence-electron chi connectivity index (χ0n) is 16.5. The van der Waals surface area contributed by atoms with E-state index >= 15 is 0 Å². The van der Waals surface area contributed by atoms with Crippen molar-refractivity contribution in [3.8, 4) is 0 Å². The third kappa shape index (κ3) is 7.86. The maximum Gasteiger partial charge on any atom is 0.220 e. The summed E-state index contributed by atoms with van der Waals surface area (Å²) in [4.78, 5) is 18.2. The maximum atomic E-state index is 11.2. The number of halogens is 2. The number of carbonyl (C=O) groups is 1. The molecule has 0 unspecified atom stereocenters. The maximum absolute atomic E-state index is 11.2. The van der Waals surface area contributed by atoms with Crippen LogP contribution < -0.4 is 16.4 Å². The first kappa shape index (κ1) is 22.8. The Morgan fingerprint density at radius 2 is 2.00 bits per heavy atom. The fourth-order valence-electron chi connectivity index (χ4n) is 3.26. The van der Waals surface area contributed by atoms with Gasteiger partial charge in [-0.2, -0.15) is 0 Å². The Morgan fingerprint density at radius 3 is 2.64 bits per heavy atom. The zero-order valence-corrected chi connectivity index (χ0v) is 18.0. The fourth-order valence-corrected chi connectivity index (χ4v) is 3.73. The van der Waals surface area contributed by atoms with E-state index in [1.165, 1.54) is 0 Å². The summed E-state index contributed by atoms with van der Waals surface area (Å²) in [6.07, 6.45) is 3.94. The summed E-state index contributed by atoms with van der Waals surface area (Å²) in [5, 5.41) is 7.88. The highest BCUT2D eigenvalue weighted by Crippen LogP contribution is 2.21. The number of benzene rings is 1. The van der Waals surface area contributed by atoms with E-state index in [4.69, 9.17) is 28.9 Å². The lowest BCUT2D eigenvalue weighted by Crippen LogP contribution is -2.39. The molecule has 1 saturated heterocycles. The molecule has 0 saturated carbocycles. The van der Waals surface area contributed by atoms with Crippen LogP contribution in [0.15, 0.2) is 23.2 Å². The molecule has 1 aliphatic rings. The number of carbonyl (C=O) groups excluding carboxylic acids is 1. The van der Waals surface area contributed by atoms with Crippen LogP contribution in [-0.4, -0.2) is 49.5 Å². The van der Waals surface area contributed by atoms with Crippen molar-refractivity contribution in [1.82, 2.24) is 15.5 Å². The van der Waals surface area contributed by atoms with Gasteiger partial charge in [0.1, 0.15) is 0 Å². The molecule has 0 spiro atoms. The summed E-state index contributed by atoms with van der Waals surface area (Å²) in [5.74, 6) is 0.695. The number of likely N-dealkylation sites (tertiary alicyclic amines) is 1. The second-order valence-corrected chi connectivity index (χ2v) is 7.93. The normalized spacial score (nSPS) is 16.2. The average Bonchev–Trinajstić information content (AvgIpc) is 2.67. The Morgan fingerprint density at radius 1 is 1.25 bits per heavy atom. The van der Waals surface area contributed by atoms with Gasteiger partial charge in [-0.25, -0.2) is 4.99 Å². The number of nitrogens with one attached hydrogen (secondary N) is 2. The van der Waals surface area contributed by atoms with Crippen LogP contribution in [0.5, 0.6) is 0 Å². The molecule has 1 heterocycles. The first-order chi connectivity index (χ1) is 13.5. The van der Waals surface area contributed by atoms with E-state index in [9.17, 15) is 4.79 Å². The Bertz CT molecular complexity index is 660. The minimum absolute atomic E-state index is 0.0611. The molecular formula is C20H31Cl2N5O. The summed E-state index contributed by atoms with van der Waals surface area (Å²) in [6, 6.07) is 5.46. The third-order valence-electron chi connectivity index (χ3n) is 4.95. The van der Waals surface area contributed by atoms with Gasteiger partial charge in [-0.15, -0.1) is 0 Å². The quantitative estimate of drug-likeness (QED) is 0.321. The van der Waals surface area contributed by atoms with Gasteiger partial charge in [0.25, 0.3) is 0 Å². The average molecular weight is 428 g/mol. The van der Waals surface area contributed by atoms with Gasteiger partial charge in [0.15, 0.2) is 5.96 Å². The van der Waals surface area contributed by atoms with Gasteiger partial charge in [-0.05, 0) is 69.9 Å². The largest absolute Gasteiger partial charge is 0.369 e. The zero-order chi connectivity index (χ0) is 20.4. The Labute approximate surface area is 177 Å². The van der Waals surface area contributed by atoms with Gasteiger partial charge in [-0.3, -0.25) is 4.79 Å². The summed E-state index contributed by atoms with van der Waals surface area (Å²) in [6.45, 7) is 7.19. The van der Waals surface area contributed by atoms with Gasteiger partial charge < -0.3 is 21.3 Å². The predicted octanol–water partition coefficient (Wildman–Crippen LogP) is 3.03. The number of unbranched alkanes of at least 4 members (excludes halogenated alkanes) is 1. The van der Waals surface area contributed by atoms with Crippen molar-refractivity contribution in [1.29, 1.82) is 0 Å². The number of amides is 1. The van der Waals surface area contributed by atoms with E-state index in [0.29, 0.717) is 16.6 Å². The molecule has 0 radical (unpaired) electrons. The molecule has 2 rings (SSSR count). The van der Waals surface area contributed by atoms with Crippen LogP contribution in [0.2, 0.25) is 10.0 Å². The highest BCUT2D eigenvalue weighted by atomic mass is 35.5. The summed E-state index contributed by atoms with van der Waals surface area (Å²) in [7, 11) is 0. The molecule has 4 N–H and O–H groups in total. The summed E-state index contributed by atoms with van der Waals surface area (Å²) in [5.41, 5.74) is 6.33. The van der Waals surface area contributed by atoms with E-state index in [1.807, 2.05) is 19.1 Å². The minimum atomic E-state index is -0.154. The van der Waals surface area contributed by atoms with Crippen LogP contribution in [0.3, 0.4) is 0 Å². The molecule has 0 atom stereocenters. The van der Waals surface area contributed by atoms with Crippen molar-refractivity contribution in [2.45, 2.75) is 39.2 Å². The number of hydrogen-bond acceptors (Lipinski definition) is 3. The lowest BCUT2D eigenvalue weighted by molar-refractivity contribution is -0.123. The van der Waals surface area contributed by atoms with E-state index < -0.39 is 0 Å². The minimum Gasteiger partial charge on any atom is -0.369 e. The number of nitrogens with zero attached hydrogens (tertiary/aromatic N) is 2. The Kier molecular flexibility index (Phi) is 9.88. The lowest BCUT2D eigenvalue weighted by atomic mass is 9.96. The Hall–Kier alpha value is -1.50. The molecule has 1 aliphatic heterocycles. The molecule has 28 heavy (non-hydrogen) atoms. The number of hydrogen-bond donors (Lipinski definition) is 3. The molecule has 1 aromatic rings. The van der Waals surface area contributed by atoms with E-state index in [2.05, 4.69) is 20.5 Å². The second kappa shape index (κ2) is 12.1. The number of guanidine groups is 1. The molecule has 1 fully saturated rings. The monoisotopic (exact) mass is 427 g/mol. The van der Waals surface area contributed by atoms with Crippen LogP contribution in [0.1, 0.15) is 38.2 Å². The number of piperidine rings is 1.